The van der Waals surface area contributed by atoms with Crippen molar-refractivity contribution < 1.29 is 8.78 Å². The van der Waals surface area contributed by atoms with Crippen molar-refractivity contribution in [3.8, 4) is 11.3 Å². The second-order valence-corrected chi connectivity index (χ2v) is 4.25. The van der Waals surface area contributed by atoms with Gasteiger partial charge in [-0.3, -0.25) is 0 Å². The molecule has 0 radical (unpaired) electrons. The van der Waals surface area contributed by atoms with Crippen molar-refractivity contribution >= 4 is 22.2 Å². The van der Waals surface area contributed by atoms with E-state index in [9.17, 15) is 8.78 Å². The number of aromatic nitrogens is 3. The minimum absolute atomic E-state index is 0.153. The standard InChI is InChI=1S/C10H6F2N4S/c11-6-2-1-5(3-7(6)12)8-4-17-10-14-9(13)15-16(8)10/h1-4H,(H2,13,15). The molecule has 86 valence electrons. The van der Waals surface area contributed by atoms with Gasteiger partial charge in [0, 0.05) is 10.9 Å². The highest BCUT2D eigenvalue weighted by molar-refractivity contribution is 7.15. The second-order valence-electron chi connectivity index (χ2n) is 3.41. The van der Waals surface area contributed by atoms with Crippen LogP contribution in [0.1, 0.15) is 0 Å². The third kappa shape index (κ3) is 1.55. The van der Waals surface area contributed by atoms with Crippen molar-refractivity contribution in [2.45, 2.75) is 0 Å². The van der Waals surface area contributed by atoms with Crippen molar-refractivity contribution in [3.63, 3.8) is 0 Å². The van der Waals surface area contributed by atoms with E-state index >= 15 is 0 Å². The van der Waals surface area contributed by atoms with E-state index in [0.717, 1.165) is 12.1 Å². The Morgan fingerprint density at radius 1 is 1.24 bits per heavy atom. The van der Waals surface area contributed by atoms with Gasteiger partial charge in [0.2, 0.25) is 10.9 Å². The second kappa shape index (κ2) is 3.49. The SMILES string of the molecule is Nc1nc2scc(-c3ccc(F)c(F)c3)n2n1. The Bertz CT molecular complexity index is 703. The number of nitrogens with zero attached hydrogens (tertiary/aromatic N) is 3. The van der Waals surface area contributed by atoms with Crippen molar-refractivity contribution in [1.29, 1.82) is 0 Å². The number of thiazole rings is 1. The highest BCUT2D eigenvalue weighted by Gasteiger charge is 2.11. The molecule has 0 aliphatic heterocycles. The van der Waals surface area contributed by atoms with E-state index in [2.05, 4.69) is 10.1 Å². The molecule has 3 rings (SSSR count). The fraction of sp³-hybridized carbons (Fsp3) is 0. The van der Waals surface area contributed by atoms with Gasteiger partial charge in [-0.05, 0) is 18.2 Å². The predicted molar refractivity (Wildman–Crippen MR) is 60.6 cm³/mol. The van der Waals surface area contributed by atoms with Gasteiger partial charge >= 0.3 is 0 Å². The molecule has 7 heteroatoms. The minimum atomic E-state index is -0.894. The lowest BCUT2D eigenvalue weighted by Crippen LogP contribution is -1.92. The molecule has 1 aromatic carbocycles. The Kier molecular flexibility index (Phi) is 2.08. The van der Waals surface area contributed by atoms with Crippen molar-refractivity contribution in [1.82, 2.24) is 14.6 Å². The van der Waals surface area contributed by atoms with Crippen LogP contribution in [0.4, 0.5) is 14.7 Å². The summed E-state index contributed by atoms with van der Waals surface area (Å²) < 4.78 is 27.5. The maximum atomic E-state index is 13.1. The third-order valence-corrected chi connectivity index (χ3v) is 3.13. The lowest BCUT2D eigenvalue weighted by atomic mass is 10.2. The summed E-state index contributed by atoms with van der Waals surface area (Å²) in [6.45, 7) is 0. The van der Waals surface area contributed by atoms with Crippen LogP contribution in [0, 0.1) is 11.6 Å². The summed E-state index contributed by atoms with van der Waals surface area (Å²) in [5, 5.41) is 5.74. The number of nitrogen functional groups attached to an aromatic ring is 1. The molecule has 0 unspecified atom stereocenters. The summed E-state index contributed by atoms with van der Waals surface area (Å²) in [7, 11) is 0. The minimum Gasteiger partial charge on any atom is -0.366 e. The Morgan fingerprint density at radius 3 is 2.82 bits per heavy atom. The van der Waals surface area contributed by atoms with Gasteiger partial charge in [0.25, 0.3) is 0 Å². The van der Waals surface area contributed by atoms with E-state index < -0.39 is 11.6 Å². The van der Waals surface area contributed by atoms with Gasteiger partial charge in [0.15, 0.2) is 11.6 Å². The summed E-state index contributed by atoms with van der Waals surface area (Å²) in [6.07, 6.45) is 0. The van der Waals surface area contributed by atoms with Crippen LogP contribution < -0.4 is 5.73 Å². The molecule has 0 atom stereocenters. The highest BCUT2D eigenvalue weighted by Crippen LogP contribution is 2.26. The zero-order chi connectivity index (χ0) is 12.0. The van der Waals surface area contributed by atoms with E-state index in [-0.39, 0.29) is 5.95 Å². The number of benzene rings is 1. The number of nitrogens with two attached hydrogens (primary N) is 1. The normalized spacial score (nSPS) is 11.2. The van der Waals surface area contributed by atoms with Crippen molar-refractivity contribution in [3.05, 3.63) is 35.2 Å². The molecule has 17 heavy (non-hydrogen) atoms. The highest BCUT2D eigenvalue weighted by atomic mass is 32.1. The van der Waals surface area contributed by atoms with Gasteiger partial charge in [-0.1, -0.05) is 0 Å². The summed E-state index contributed by atoms with van der Waals surface area (Å²) in [5.41, 5.74) is 6.63. The predicted octanol–water partition coefficient (Wildman–Crippen LogP) is 2.32. The maximum absolute atomic E-state index is 13.1. The molecular weight excluding hydrogens is 246 g/mol. The summed E-state index contributed by atoms with van der Waals surface area (Å²) in [6, 6.07) is 3.68. The fourth-order valence-corrected chi connectivity index (χ4v) is 2.39. The topological polar surface area (TPSA) is 56.2 Å². The number of hydrogen-bond acceptors (Lipinski definition) is 4. The molecule has 0 aliphatic carbocycles. The van der Waals surface area contributed by atoms with Gasteiger partial charge in [0.1, 0.15) is 0 Å². The molecule has 2 aromatic heterocycles. The van der Waals surface area contributed by atoms with Crippen LogP contribution in [0.2, 0.25) is 0 Å². The zero-order valence-corrected chi connectivity index (χ0v) is 9.21. The van der Waals surface area contributed by atoms with Gasteiger partial charge in [-0.2, -0.15) is 4.98 Å². The summed E-state index contributed by atoms with van der Waals surface area (Å²) in [4.78, 5) is 4.59. The zero-order valence-electron chi connectivity index (χ0n) is 8.39. The van der Waals surface area contributed by atoms with E-state index in [1.54, 1.807) is 5.38 Å². The average molecular weight is 252 g/mol. The van der Waals surface area contributed by atoms with Crippen LogP contribution in [0.5, 0.6) is 0 Å². The lowest BCUT2D eigenvalue weighted by Gasteiger charge is -1.99. The molecule has 3 aromatic rings. The summed E-state index contributed by atoms with van der Waals surface area (Å²) >= 11 is 1.33. The number of rotatable bonds is 1. The van der Waals surface area contributed by atoms with Crippen LogP contribution >= 0.6 is 11.3 Å². The maximum Gasteiger partial charge on any atom is 0.241 e. The smallest absolute Gasteiger partial charge is 0.241 e. The first-order chi connectivity index (χ1) is 8.15. The molecule has 2 N–H and O–H groups in total. The van der Waals surface area contributed by atoms with E-state index in [0.29, 0.717) is 16.2 Å². The molecule has 0 amide bonds. The Morgan fingerprint density at radius 2 is 2.06 bits per heavy atom. The first-order valence-corrected chi connectivity index (χ1v) is 5.58. The van der Waals surface area contributed by atoms with Crippen LogP contribution in [-0.4, -0.2) is 14.6 Å². The molecule has 0 aliphatic rings. The average Bonchev–Trinajstić information content (AvgIpc) is 2.81. The largest absolute Gasteiger partial charge is 0.366 e. The molecule has 0 bridgehead atoms. The molecule has 0 saturated heterocycles. The summed E-state index contributed by atoms with van der Waals surface area (Å²) in [5.74, 6) is -1.62. The van der Waals surface area contributed by atoms with E-state index in [4.69, 9.17) is 5.73 Å². The van der Waals surface area contributed by atoms with Crippen LogP contribution in [0.3, 0.4) is 0 Å². The quantitative estimate of drug-likeness (QED) is 0.723. The Balaban J connectivity index is 2.22. The van der Waals surface area contributed by atoms with Crippen LogP contribution in [-0.2, 0) is 0 Å². The molecule has 2 heterocycles. The third-order valence-electron chi connectivity index (χ3n) is 2.31. The van der Waals surface area contributed by atoms with Gasteiger partial charge in [-0.15, -0.1) is 16.4 Å². The Labute approximate surface area is 98.3 Å². The number of fused-ring (bicyclic) bond motifs is 1. The lowest BCUT2D eigenvalue weighted by molar-refractivity contribution is 0.509. The molecule has 0 saturated carbocycles. The molecule has 0 spiro atoms. The Hall–Kier alpha value is -2.02. The van der Waals surface area contributed by atoms with Crippen molar-refractivity contribution in [2.75, 3.05) is 5.73 Å². The van der Waals surface area contributed by atoms with Crippen LogP contribution in [0.25, 0.3) is 16.2 Å². The van der Waals surface area contributed by atoms with Gasteiger partial charge in [-0.25, -0.2) is 13.3 Å². The number of anilines is 1. The first-order valence-electron chi connectivity index (χ1n) is 4.70. The number of hydrogen-bond donors (Lipinski definition) is 1. The van der Waals surface area contributed by atoms with Gasteiger partial charge in [0.05, 0.1) is 5.69 Å². The van der Waals surface area contributed by atoms with Gasteiger partial charge < -0.3 is 5.73 Å². The monoisotopic (exact) mass is 252 g/mol. The fourth-order valence-electron chi connectivity index (χ4n) is 1.55. The number of halogens is 2. The van der Waals surface area contributed by atoms with E-state index in [1.165, 1.54) is 21.9 Å². The van der Waals surface area contributed by atoms with Crippen molar-refractivity contribution in [2.24, 2.45) is 0 Å². The molecular formula is C10H6F2N4S. The van der Waals surface area contributed by atoms with Crippen LogP contribution in [0.15, 0.2) is 23.6 Å². The molecule has 4 nitrogen and oxygen atoms in total. The van der Waals surface area contributed by atoms with E-state index in [1.807, 2.05) is 0 Å². The molecule has 0 fully saturated rings. The first kappa shape index (κ1) is 10.2.